The first kappa shape index (κ1) is 53.8. The summed E-state index contributed by atoms with van der Waals surface area (Å²) in [6.45, 7) is 2.90. The molecule has 0 aromatic rings. The highest BCUT2D eigenvalue weighted by molar-refractivity contribution is 7.81. The molecule has 7 atom stereocenters. The Morgan fingerprint density at radius 3 is 1.60 bits per heavy atom. The zero-order valence-corrected chi connectivity index (χ0v) is 36.4. The van der Waals surface area contributed by atoms with Gasteiger partial charge in [0.15, 0.2) is 6.29 Å². The van der Waals surface area contributed by atoms with Crippen LogP contribution in [0.4, 0.5) is 0 Å². The Labute approximate surface area is 344 Å². The highest BCUT2D eigenvalue weighted by Gasteiger charge is 2.48. The Kier molecular flexibility index (Phi) is 30.7. The quantitative estimate of drug-likeness (QED) is 0.0209. The molecule has 0 bridgehead atoms. The van der Waals surface area contributed by atoms with Crippen molar-refractivity contribution >= 4 is 26.7 Å². The van der Waals surface area contributed by atoms with E-state index >= 15 is 0 Å². The number of unbranched alkanes of at least 4 members (excludes halogenated alkanes) is 23. The van der Waals surface area contributed by atoms with Gasteiger partial charge in [0, 0.05) is 6.42 Å². The summed E-state index contributed by atoms with van der Waals surface area (Å²) >= 11 is 0. The van der Waals surface area contributed by atoms with Crippen LogP contribution in [0.2, 0.25) is 0 Å². The van der Waals surface area contributed by atoms with Crippen LogP contribution < -0.4 is 5.32 Å². The van der Waals surface area contributed by atoms with E-state index in [4.69, 9.17) is 18.6 Å². The Balaban J connectivity index is 2.72. The van der Waals surface area contributed by atoms with Gasteiger partial charge in [0.2, 0.25) is 5.91 Å². The molecule has 1 aliphatic heterocycles. The van der Waals surface area contributed by atoms with E-state index in [2.05, 4.69) is 27.5 Å². The number of aliphatic hydroxyl groups is 3. The molecule has 1 heterocycles. The third-order valence-electron chi connectivity index (χ3n) is 10.3. The van der Waals surface area contributed by atoms with Crippen LogP contribution in [-0.2, 0) is 43.4 Å². The van der Waals surface area contributed by atoms with Gasteiger partial charge in [-0.05, 0) is 19.3 Å². The molecule has 17 heteroatoms. The Bertz CT molecular complexity index is 1250. The molecule has 6 N–H and O–H groups in total. The van der Waals surface area contributed by atoms with E-state index in [9.17, 15) is 36.9 Å². The van der Waals surface area contributed by atoms with Gasteiger partial charge in [-0.15, -0.1) is 0 Å². The average molecular weight is 860 g/mol. The predicted molar refractivity (Wildman–Crippen MR) is 219 cm³/mol. The van der Waals surface area contributed by atoms with Crippen LogP contribution in [0.1, 0.15) is 181 Å². The van der Waals surface area contributed by atoms with Crippen molar-refractivity contribution in [2.75, 3.05) is 13.2 Å². The normalized spacial score (nSPS) is 21.6. The first-order chi connectivity index (χ1) is 27.2. The zero-order chi connectivity index (χ0) is 42.4. The number of amides is 1. The van der Waals surface area contributed by atoms with Crippen LogP contribution >= 0.6 is 0 Å². The Hall–Kier alpha value is -1.25. The monoisotopic (exact) mass is 859 g/mol. The summed E-state index contributed by atoms with van der Waals surface area (Å²) in [5.41, 5.74) is 0. The smallest absolute Gasteiger partial charge is 0.387 e. The standard InChI is InChI=1S/C40H77NO14S2/c1-3-5-7-9-11-13-15-17-19-21-23-25-27-29-34(42)33(41-36(43)30-28-26-24-22-20-18-16-14-12-10-8-6-4-2)31-52-40-38(45)37(44)39(55-57(49,50)51)35(54-40)32-53-56(46,47)48/h27,29,33-35,37-40,42,44-45H,3-26,28,30-32H2,1-2H3,(H,41,43)(H,46,47,48)(H,49,50,51)/b29-27+/t33-,34+,35+,37+,38+,39+,40+/m0/s1. The number of hydrogen-bond acceptors (Lipinski definition) is 12. The average Bonchev–Trinajstić information content (AvgIpc) is 3.15. The molecule has 1 saturated heterocycles. The van der Waals surface area contributed by atoms with Crippen molar-refractivity contribution in [2.45, 2.75) is 224 Å². The number of carbonyl (C=O) groups excluding carboxylic acids is 1. The molecule has 0 aromatic carbocycles. The fraction of sp³-hybridized carbons (Fsp3) is 0.925. The van der Waals surface area contributed by atoms with Crippen molar-refractivity contribution in [3.05, 3.63) is 12.2 Å². The number of allylic oxidation sites excluding steroid dienone is 1. The second kappa shape index (κ2) is 32.5. The number of hydrogen-bond donors (Lipinski definition) is 6. The lowest BCUT2D eigenvalue weighted by Crippen LogP contribution is -2.61. The van der Waals surface area contributed by atoms with Crippen molar-refractivity contribution in [3.8, 4) is 0 Å². The van der Waals surface area contributed by atoms with Crippen molar-refractivity contribution in [3.63, 3.8) is 0 Å². The summed E-state index contributed by atoms with van der Waals surface area (Å²) in [5.74, 6) is -0.323. The van der Waals surface area contributed by atoms with Crippen LogP contribution in [0.5, 0.6) is 0 Å². The molecule has 0 saturated carbocycles. The minimum absolute atomic E-state index is 0.217. The van der Waals surface area contributed by atoms with E-state index in [1.165, 1.54) is 109 Å². The predicted octanol–water partition coefficient (Wildman–Crippen LogP) is 7.04. The van der Waals surface area contributed by atoms with Crippen LogP contribution in [0.25, 0.3) is 0 Å². The van der Waals surface area contributed by atoms with Crippen molar-refractivity contribution in [1.82, 2.24) is 5.32 Å². The van der Waals surface area contributed by atoms with Crippen LogP contribution in [-0.4, -0.2) is 103 Å². The summed E-state index contributed by atoms with van der Waals surface area (Å²) < 4.78 is 83.1. The maximum Gasteiger partial charge on any atom is 0.397 e. The molecular weight excluding hydrogens is 783 g/mol. The van der Waals surface area contributed by atoms with Gasteiger partial charge in [-0.1, -0.05) is 167 Å². The largest absolute Gasteiger partial charge is 0.397 e. The molecule has 1 rings (SSSR count). The second-order valence-corrected chi connectivity index (χ2v) is 17.6. The van der Waals surface area contributed by atoms with Gasteiger partial charge in [0.25, 0.3) is 0 Å². The molecule has 1 aliphatic rings. The van der Waals surface area contributed by atoms with Gasteiger partial charge < -0.3 is 30.1 Å². The van der Waals surface area contributed by atoms with E-state index in [0.29, 0.717) is 6.42 Å². The topological polar surface area (TPSA) is 235 Å². The van der Waals surface area contributed by atoms with E-state index in [1.807, 2.05) is 6.08 Å². The molecule has 338 valence electrons. The third-order valence-corrected chi connectivity index (χ3v) is 11.2. The van der Waals surface area contributed by atoms with Crippen molar-refractivity contribution in [1.29, 1.82) is 0 Å². The van der Waals surface area contributed by atoms with Gasteiger partial charge in [-0.2, -0.15) is 16.8 Å². The van der Waals surface area contributed by atoms with Crippen LogP contribution in [0.15, 0.2) is 12.2 Å². The van der Waals surface area contributed by atoms with Crippen LogP contribution in [0, 0.1) is 0 Å². The summed E-state index contributed by atoms with van der Waals surface area (Å²) in [5, 5.41) is 35.2. The molecule has 1 fully saturated rings. The zero-order valence-electron chi connectivity index (χ0n) is 34.7. The first-order valence-corrected chi connectivity index (χ1v) is 24.5. The van der Waals surface area contributed by atoms with Gasteiger partial charge in [-0.25, -0.2) is 8.37 Å². The summed E-state index contributed by atoms with van der Waals surface area (Å²) in [6.07, 6.45) is 21.8. The molecule has 0 aromatic heterocycles. The summed E-state index contributed by atoms with van der Waals surface area (Å²) in [6, 6.07) is -1.03. The molecule has 0 aliphatic carbocycles. The summed E-state index contributed by atoms with van der Waals surface area (Å²) in [7, 11) is -10.3. The highest BCUT2D eigenvalue weighted by Crippen LogP contribution is 2.27. The third kappa shape index (κ3) is 28.8. The van der Waals surface area contributed by atoms with E-state index in [0.717, 1.165) is 44.9 Å². The molecule has 0 radical (unpaired) electrons. The minimum Gasteiger partial charge on any atom is -0.387 e. The lowest BCUT2D eigenvalue weighted by Gasteiger charge is -2.41. The van der Waals surface area contributed by atoms with Crippen molar-refractivity contribution < 1.29 is 63.9 Å². The minimum atomic E-state index is -5.23. The number of rotatable bonds is 37. The number of aliphatic hydroxyl groups excluding tert-OH is 3. The molecule has 57 heavy (non-hydrogen) atoms. The Morgan fingerprint density at radius 1 is 0.684 bits per heavy atom. The second-order valence-electron chi connectivity index (χ2n) is 15.5. The number of nitrogens with one attached hydrogen (secondary N) is 1. The molecule has 0 unspecified atom stereocenters. The van der Waals surface area contributed by atoms with Gasteiger partial charge >= 0.3 is 20.8 Å². The Morgan fingerprint density at radius 2 is 1.14 bits per heavy atom. The van der Waals surface area contributed by atoms with Gasteiger partial charge in [0.05, 0.1) is 25.4 Å². The fourth-order valence-corrected chi connectivity index (χ4v) is 7.72. The molecular formula is C40H77NO14S2. The van der Waals surface area contributed by atoms with Gasteiger partial charge in [0.1, 0.15) is 24.4 Å². The van der Waals surface area contributed by atoms with Crippen LogP contribution in [0.3, 0.4) is 0 Å². The summed E-state index contributed by atoms with van der Waals surface area (Å²) in [4.78, 5) is 13.0. The lowest BCUT2D eigenvalue weighted by molar-refractivity contribution is -0.297. The SMILES string of the molecule is CCCCCCCCCCCCC/C=C/[C@@H](O)[C@H](CO[C@@H]1O[C@H](COS(=O)(=O)O)[C@@H](OS(=O)(=O)O)[C@H](O)[C@H]1O)NC(=O)CCCCCCCCCCCCCCC. The highest BCUT2D eigenvalue weighted by atomic mass is 32.3. The van der Waals surface area contributed by atoms with Gasteiger partial charge in [-0.3, -0.25) is 13.9 Å². The molecule has 15 nitrogen and oxygen atoms in total. The molecule has 1 amide bonds. The first-order valence-electron chi connectivity index (χ1n) is 21.7. The number of ether oxygens (including phenoxy) is 2. The van der Waals surface area contributed by atoms with Crippen molar-refractivity contribution in [2.24, 2.45) is 0 Å². The van der Waals surface area contributed by atoms with E-state index in [-0.39, 0.29) is 12.3 Å². The van der Waals surface area contributed by atoms with E-state index < -0.39 is 76.9 Å². The number of carbonyl (C=O) groups is 1. The maximum atomic E-state index is 13.0. The lowest BCUT2D eigenvalue weighted by atomic mass is 9.99. The maximum absolute atomic E-state index is 13.0. The van der Waals surface area contributed by atoms with E-state index in [1.54, 1.807) is 6.08 Å². The fourth-order valence-electron chi connectivity index (χ4n) is 6.89. The molecule has 0 spiro atoms.